The average molecular weight is 224 g/mol. The van der Waals surface area contributed by atoms with Crippen molar-refractivity contribution >= 4 is 11.6 Å². The van der Waals surface area contributed by atoms with E-state index in [4.69, 9.17) is 17.3 Å². The van der Waals surface area contributed by atoms with E-state index in [2.05, 4.69) is 13.0 Å². The van der Waals surface area contributed by atoms with Gasteiger partial charge in [-0.15, -0.1) is 0 Å². The van der Waals surface area contributed by atoms with E-state index >= 15 is 0 Å². The highest BCUT2D eigenvalue weighted by atomic mass is 35.5. The number of aryl methyl sites for hydroxylation is 1. The summed E-state index contributed by atoms with van der Waals surface area (Å²) in [5.74, 6) is 0. The van der Waals surface area contributed by atoms with Gasteiger partial charge in [0.05, 0.1) is 0 Å². The molecule has 1 aromatic carbocycles. The van der Waals surface area contributed by atoms with Crippen LogP contribution in [0.2, 0.25) is 5.02 Å². The van der Waals surface area contributed by atoms with Crippen LogP contribution < -0.4 is 5.73 Å². The van der Waals surface area contributed by atoms with Gasteiger partial charge in [0.15, 0.2) is 0 Å². The van der Waals surface area contributed by atoms with Crippen LogP contribution in [0.1, 0.15) is 43.2 Å². The Morgan fingerprint density at radius 1 is 1.20 bits per heavy atom. The van der Waals surface area contributed by atoms with Crippen molar-refractivity contribution in [1.82, 2.24) is 0 Å². The first-order valence-electron chi connectivity index (χ1n) is 5.68. The first-order chi connectivity index (χ1) is 7.13. The van der Waals surface area contributed by atoms with Gasteiger partial charge in [0.2, 0.25) is 0 Å². The Balaban J connectivity index is 2.42. The highest BCUT2D eigenvalue weighted by Gasteiger charge is 2.32. The van der Waals surface area contributed by atoms with Gasteiger partial charge in [-0.25, -0.2) is 0 Å². The first-order valence-corrected chi connectivity index (χ1v) is 6.06. The van der Waals surface area contributed by atoms with Gasteiger partial charge in [-0.05, 0) is 37.0 Å². The largest absolute Gasteiger partial charge is 0.321 e. The summed E-state index contributed by atoms with van der Waals surface area (Å²) < 4.78 is 0. The number of hydrogen-bond donors (Lipinski definition) is 1. The first kappa shape index (κ1) is 11.0. The predicted octanol–water partition coefficient (Wildman–Crippen LogP) is 3.77. The highest BCUT2D eigenvalue weighted by molar-refractivity contribution is 6.31. The molecule has 0 bridgehead atoms. The molecule has 2 N–H and O–H groups in total. The van der Waals surface area contributed by atoms with Gasteiger partial charge in [0.1, 0.15) is 0 Å². The fourth-order valence-electron chi connectivity index (χ4n) is 2.70. The van der Waals surface area contributed by atoms with Gasteiger partial charge in [0, 0.05) is 10.6 Å². The molecule has 2 rings (SSSR count). The van der Waals surface area contributed by atoms with Crippen molar-refractivity contribution in [3.8, 4) is 0 Å². The van der Waals surface area contributed by atoms with E-state index in [9.17, 15) is 0 Å². The molecular formula is C13H18ClN. The van der Waals surface area contributed by atoms with Crippen molar-refractivity contribution in [3.63, 3.8) is 0 Å². The third-order valence-electron chi connectivity index (χ3n) is 3.47. The van der Waals surface area contributed by atoms with Crippen LogP contribution in [0.15, 0.2) is 18.2 Å². The molecule has 1 aromatic rings. The number of rotatable bonds is 1. The number of benzene rings is 1. The summed E-state index contributed by atoms with van der Waals surface area (Å²) in [6, 6.07) is 6.05. The molecule has 1 aliphatic rings. The summed E-state index contributed by atoms with van der Waals surface area (Å²) in [5.41, 5.74) is 8.72. The fraction of sp³-hybridized carbons (Fsp3) is 0.538. The normalized spacial score (nSPS) is 20.2. The van der Waals surface area contributed by atoms with Gasteiger partial charge in [-0.2, -0.15) is 0 Å². The number of halogens is 1. The molecule has 0 aliphatic heterocycles. The fourth-order valence-corrected chi connectivity index (χ4v) is 3.11. The molecule has 2 heteroatoms. The Labute approximate surface area is 96.6 Å². The number of nitrogens with two attached hydrogens (primary N) is 1. The summed E-state index contributed by atoms with van der Waals surface area (Å²) in [6.45, 7) is 2.10. The summed E-state index contributed by atoms with van der Waals surface area (Å²) in [4.78, 5) is 0. The third kappa shape index (κ3) is 2.04. The van der Waals surface area contributed by atoms with Crippen LogP contribution in [0.3, 0.4) is 0 Å². The van der Waals surface area contributed by atoms with Crippen LogP contribution in [-0.4, -0.2) is 0 Å². The Kier molecular flexibility index (Phi) is 3.03. The van der Waals surface area contributed by atoms with Crippen LogP contribution in [0.4, 0.5) is 0 Å². The molecule has 0 amide bonds. The van der Waals surface area contributed by atoms with Gasteiger partial charge in [0.25, 0.3) is 0 Å². The molecule has 1 fully saturated rings. The second-order valence-corrected chi connectivity index (χ2v) is 5.06. The van der Waals surface area contributed by atoms with E-state index in [1.165, 1.54) is 30.4 Å². The zero-order valence-electron chi connectivity index (χ0n) is 9.22. The zero-order chi connectivity index (χ0) is 10.9. The maximum atomic E-state index is 6.50. The molecule has 15 heavy (non-hydrogen) atoms. The van der Waals surface area contributed by atoms with Gasteiger partial charge >= 0.3 is 0 Å². The van der Waals surface area contributed by atoms with E-state index in [1.807, 2.05) is 12.1 Å². The standard InChI is InChI=1S/C13H18ClN/c1-10-6-5-7-11(14)12(10)13(15)8-3-2-4-9-13/h5-7H,2-4,8-9,15H2,1H3. The van der Waals surface area contributed by atoms with Gasteiger partial charge in [-0.1, -0.05) is 43.0 Å². The van der Waals surface area contributed by atoms with Gasteiger partial charge in [-0.3, -0.25) is 0 Å². The van der Waals surface area contributed by atoms with Crippen LogP contribution in [-0.2, 0) is 5.54 Å². The molecule has 1 aliphatic carbocycles. The molecule has 0 saturated heterocycles. The molecular weight excluding hydrogens is 206 g/mol. The van der Waals surface area contributed by atoms with Crippen molar-refractivity contribution < 1.29 is 0 Å². The Bertz CT molecular complexity index is 333. The van der Waals surface area contributed by atoms with Crippen LogP contribution >= 0.6 is 11.6 Å². The predicted molar refractivity (Wildman–Crippen MR) is 65.1 cm³/mol. The molecule has 0 spiro atoms. The minimum Gasteiger partial charge on any atom is -0.321 e. The molecule has 1 saturated carbocycles. The maximum absolute atomic E-state index is 6.50. The highest BCUT2D eigenvalue weighted by Crippen LogP contribution is 2.39. The smallest absolute Gasteiger partial charge is 0.0459 e. The monoisotopic (exact) mass is 223 g/mol. The molecule has 0 atom stereocenters. The Morgan fingerprint density at radius 2 is 1.87 bits per heavy atom. The summed E-state index contributed by atoms with van der Waals surface area (Å²) >= 11 is 6.27. The summed E-state index contributed by atoms with van der Waals surface area (Å²) in [5, 5.41) is 0.833. The minimum absolute atomic E-state index is 0.180. The van der Waals surface area contributed by atoms with E-state index < -0.39 is 0 Å². The van der Waals surface area contributed by atoms with E-state index in [0.717, 1.165) is 17.9 Å². The topological polar surface area (TPSA) is 26.0 Å². The number of hydrogen-bond acceptors (Lipinski definition) is 1. The second-order valence-electron chi connectivity index (χ2n) is 4.65. The summed E-state index contributed by atoms with van der Waals surface area (Å²) in [6.07, 6.45) is 5.89. The van der Waals surface area contributed by atoms with E-state index in [0.29, 0.717) is 0 Å². The Hall–Kier alpha value is -0.530. The maximum Gasteiger partial charge on any atom is 0.0459 e. The minimum atomic E-state index is -0.180. The van der Waals surface area contributed by atoms with Crippen molar-refractivity contribution in [3.05, 3.63) is 34.3 Å². The Morgan fingerprint density at radius 3 is 2.47 bits per heavy atom. The van der Waals surface area contributed by atoms with Crippen LogP contribution in [0, 0.1) is 6.92 Å². The van der Waals surface area contributed by atoms with Crippen molar-refractivity contribution in [1.29, 1.82) is 0 Å². The lowest BCUT2D eigenvalue weighted by molar-refractivity contribution is 0.301. The molecule has 0 radical (unpaired) electrons. The van der Waals surface area contributed by atoms with Crippen LogP contribution in [0.5, 0.6) is 0 Å². The van der Waals surface area contributed by atoms with E-state index in [1.54, 1.807) is 0 Å². The molecule has 1 nitrogen and oxygen atoms in total. The SMILES string of the molecule is Cc1cccc(Cl)c1C1(N)CCCCC1. The quantitative estimate of drug-likeness (QED) is 0.771. The molecule has 0 aromatic heterocycles. The summed E-state index contributed by atoms with van der Waals surface area (Å²) in [7, 11) is 0. The zero-order valence-corrected chi connectivity index (χ0v) is 9.98. The average Bonchev–Trinajstić information content (AvgIpc) is 2.18. The van der Waals surface area contributed by atoms with E-state index in [-0.39, 0.29) is 5.54 Å². The van der Waals surface area contributed by atoms with Crippen molar-refractivity contribution in [2.75, 3.05) is 0 Å². The lowest BCUT2D eigenvalue weighted by Crippen LogP contribution is -2.39. The van der Waals surface area contributed by atoms with Crippen molar-refractivity contribution in [2.24, 2.45) is 5.73 Å². The molecule has 82 valence electrons. The van der Waals surface area contributed by atoms with Gasteiger partial charge < -0.3 is 5.73 Å². The molecule has 0 unspecified atom stereocenters. The second kappa shape index (κ2) is 4.15. The van der Waals surface area contributed by atoms with Crippen LogP contribution in [0.25, 0.3) is 0 Å². The van der Waals surface area contributed by atoms with Crippen molar-refractivity contribution in [2.45, 2.75) is 44.6 Å². The molecule has 0 heterocycles. The lowest BCUT2D eigenvalue weighted by Gasteiger charge is -2.35. The lowest BCUT2D eigenvalue weighted by atomic mass is 9.76. The third-order valence-corrected chi connectivity index (χ3v) is 3.78.